The van der Waals surface area contributed by atoms with Crippen molar-refractivity contribution in [3.05, 3.63) is 65.9 Å². The molecule has 0 unspecified atom stereocenters. The third kappa shape index (κ3) is 3.28. The van der Waals surface area contributed by atoms with Gasteiger partial charge in [-0.2, -0.15) is 0 Å². The van der Waals surface area contributed by atoms with Crippen molar-refractivity contribution >= 4 is 11.8 Å². The molecule has 2 heterocycles. The van der Waals surface area contributed by atoms with Crippen molar-refractivity contribution in [2.45, 2.75) is 23.8 Å². The van der Waals surface area contributed by atoms with Gasteiger partial charge in [0, 0.05) is 11.1 Å². The average Bonchev–Trinajstić information content (AvgIpc) is 2.52. The monoisotopic (exact) mass is 293 g/mol. The van der Waals surface area contributed by atoms with Crippen molar-refractivity contribution in [1.29, 1.82) is 0 Å². The molecule has 2 aromatic heterocycles. The first-order valence-corrected chi connectivity index (χ1v) is 7.54. The van der Waals surface area contributed by atoms with Crippen molar-refractivity contribution in [2.24, 2.45) is 0 Å². The van der Waals surface area contributed by atoms with Crippen LogP contribution in [0.2, 0.25) is 0 Å². The van der Waals surface area contributed by atoms with Crippen LogP contribution in [0, 0.1) is 13.8 Å². The zero-order chi connectivity index (χ0) is 14.7. The van der Waals surface area contributed by atoms with Gasteiger partial charge in [0.05, 0.1) is 5.69 Å². The Bertz CT molecular complexity index is 740. The van der Waals surface area contributed by atoms with E-state index in [0.29, 0.717) is 0 Å². The number of benzene rings is 1. The summed E-state index contributed by atoms with van der Waals surface area (Å²) in [4.78, 5) is 5.49. The Morgan fingerprint density at radius 1 is 0.857 bits per heavy atom. The molecule has 0 aliphatic heterocycles. The normalized spacial score (nSPS) is 10.6. The lowest BCUT2D eigenvalue weighted by Crippen LogP contribution is -1.91. The summed E-state index contributed by atoms with van der Waals surface area (Å²) in [5.41, 5.74) is 4.16. The van der Waals surface area contributed by atoms with E-state index in [2.05, 4.69) is 47.2 Å². The molecule has 3 aromatic rings. The van der Waals surface area contributed by atoms with Gasteiger partial charge in [0.2, 0.25) is 0 Å². The Labute approximate surface area is 128 Å². The van der Waals surface area contributed by atoms with Crippen LogP contribution in [0.3, 0.4) is 0 Å². The number of rotatable bonds is 3. The second-order valence-corrected chi connectivity index (χ2v) is 5.91. The molecule has 21 heavy (non-hydrogen) atoms. The second kappa shape index (κ2) is 6.06. The van der Waals surface area contributed by atoms with E-state index in [1.807, 2.05) is 30.3 Å². The van der Waals surface area contributed by atoms with Crippen molar-refractivity contribution in [3.63, 3.8) is 0 Å². The Hall–Kier alpha value is -2.20. The van der Waals surface area contributed by atoms with Gasteiger partial charge in [-0.3, -0.25) is 4.98 Å². The lowest BCUT2D eigenvalue weighted by Gasteiger charge is -2.06. The van der Waals surface area contributed by atoms with Crippen molar-refractivity contribution in [3.8, 4) is 11.4 Å². The Kier molecular flexibility index (Phi) is 3.97. The molecular formula is C17H15N3S. The fourth-order valence-corrected chi connectivity index (χ4v) is 2.85. The average molecular weight is 293 g/mol. The summed E-state index contributed by atoms with van der Waals surface area (Å²) in [7, 11) is 0. The second-order valence-electron chi connectivity index (χ2n) is 4.84. The predicted molar refractivity (Wildman–Crippen MR) is 85.3 cm³/mol. The van der Waals surface area contributed by atoms with E-state index in [-0.39, 0.29) is 0 Å². The molecule has 0 amide bonds. The van der Waals surface area contributed by atoms with Crippen molar-refractivity contribution in [1.82, 2.24) is 15.2 Å². The molecular weight excluding hydrogens is 278 g/mol. The molecule has 104 valence electrons. The van der Waals surface area contributed by atoms with Crippen LogP contribution in [0.25, 0.3) is 11.4 Å². The van der Waals surface area contributed by atoms with Gasteiger partial charge in [-0.15, -0.1) is 10.2 Å². The zero-order valence-corrected chi connectivity index (χ0v) is 12.8. The van der Waals surface area contributed by atoms with E-state index in [9.17, 15) is 0 Å². The summed E-state index contributed by atoms with van der Waals surface area (Å²) in [5.74, 6) is 0. The molecule has 0 N–H and O–H groups in total. The van der Waals surface area contributed by atoms with E-state index in [1.165, 1.54) is 16.0 Å². The molecule has 0 radical (unpaired) electrons. The van der Waals surface area contributed by atoms with Crippen LogP contribution < -0.4 is 0 Å². The summed E-state index contributed by atoms with van der Waals surface area (Å²) in [6.45, 7) is 4.22. The maximum atomic E-state index is 4.29. The predicted octanol–water partition coefficient (Wildman–Crippen LogP) is 4.31. The van der Waals surface area contributed by atoms with Gasteiger partial charge in [0.15, 0.2) is 0 Å². The maximum absolute atomic E-state index is 4.29. The SMILES string of the molecule is Cc1ccc(Sc2ccc(-c3ccccn3)nn2)c(C)c1. The minimum atomic E-state index is 0.792. The summed E-state index contributed by atoms with van der Waals surface area (Å²) in [6, 6.07) is 16.1. The third-order valence-corrected chi connectivity index (χ3v) is 4.22. The first-order chi connectivity index (χ1) is 10.2. The van der Waals surface area contributed by atoms with E-state index >= 15 is 0 Å². The molecule has 0 atom stereocenters. The largest absolute Gasteiger partial charge is 0.255 e. The minimum absolute atomic E-state index is 0.792. The summed E-state index contributed by atoms with van der Waals surface area (Å²) < 4.78 is 0. The highest BCUT2D eigenvalue weighted by molar-refractivity contribution is 7.99. The number of aryl methyl sites for hydroxylation is 2. The Morgan fingerprint density at radius 3 is 2.43 bits per heavy atom. The van der Waals surface area contributed by atoms with Gasteiger partial charge in [-0.05, 0) is 49.7 Å². The van der Waals surface area contributed by atoms with E-state index in [4.69, 9.17) is 0 Å². The number of pyridine rings is 1. The quantitative estimate of drug-likeness (QED) is 0.721. The smallest absolute Gasteiger partial charge is 0.124 e. The summed E-state index contributed by atoms with van der Waals surface area (Å²) in [6.07, 6.45) is 1.76. The number of hydrogen-bond donors (Lipinski definition) is 0. The van der Waals surface area contributed by atoms with E-state index in [1.54, 1.807) is 18.0 Å². The molecule has 3 rings (SSSR count). The van der Waals surface area contributed by atoms with Crippen LogP contribution in [-0.4, -0.2) is 15.2 Å². The molecule has 0 fully saturated rings. The number of nitrogens with zero attached hydrogens (tertiary/aromatic N) is 3. The third-order valence-electron chi connectivity index (χ3n) is 3.11. The van der Waals surface area contributed by atoms with Gasteiger partial charge in [0.1, 0.15) is 10.7 Å². The molecule has 0 saturated heterocycles. The summed E-state index contributed by atoms with van der Waals surface area (Å²) >= 11 is 1.63. The topological polar surface area (TPSA) is 38.7 Å². The molecule has 0 aliphatic carbocycles. The van der Waals surface area contributed by atoms with Crippen LogP contribution in [0.4, 0.5) is 0 Å². The van der Waals surface area contributed by atoms with Crippen LogP contribution in [0.1, 0.15) is 11.1 Å². The molecule has 1 aromatic carbocycles. The van der Waals surface area contributed by atoms with Gasteiger partial charge in [-0.1, -0.05) is 35.5 Å². The van der Waals surface area contributed by atoms with E-state index < -0.39 is 0 Å². The highest BCUT2D eigenvalue weighted by Gasteiger charge is 2.05. The van der Waals surface area contributed by atoms with Gasteiger partial charge in [-0.25, -0.2) is 0 Å². The fourth-order valence-electron chi connectivity index (χ4n) is 2.05. The van der Waals surface area contributed by atoms with Crippen LogP contribution >= 0.6 is 11.8 Å². The van der Waals surface area contributed by atoms with E-state index in [0.717, 1.165) is 16.4 Å². The molecule has 4 heteroatoms. The molecule has 0 bridgehead atoms. The minimum Gasteiger partial charge on any atom is -0.255 e. The number of hydrogen-bond acceptors (Lipinski definition) is 4. The van der Waals surface area contributed by atoms with Crippen LogP contribution in [-0.2, 0) is 0 Å². The van der Waals surface area contributed by atoms with Crippen molar-refractivity contribution < 1.29 is 0 Å². The molecule has 0 aliphatic rings. The Morgan fingerprint density at radius 2 is 1.76 bits per heavy atom. The molecule has 3 nitrogen and oxygen atoms in total. The summed E-state index contributed by atoms with van der Waals surface area (Å²) in [5, 5.41) is 9.44. The van der Waals surface area contributed by atoms with Crippen LogP contribution in [0.5, 0.6) is 0 Å². The van der Waals surface area contributed by atoms with Gasteiger partial charge >= 0.3 is 0 Å². The van der Waals surface area contributed by atoms with Crippen molar-refractivity contribution in [2.75, 3.05) is 0 Å². The lowest BCUT2D eigenvalue weighted by atomic mass is 10.2. The number of aromatic nitrogens is 3. The highest BCUT2D eigenvalue weighted by Crippen LogP contribution is 2.29. The Balaban J connectivity index is 1.81. The first-order valence-electron chi connectivity index (χ1n) is 6.72. The standard InChI is InChI=1S/C17H15N3S/c1-12-6-8-16(13(2)11-12)21-17-9-7-15(19-20-17)14-5-3-4-10-18-14/h3-11H,1-2H3. The lowest BCUT2D eigenvalue weighted by molar-refractivity contribution is 0.931. The fraction of sp³-hybridized carbons (Fsp3) is 0.118. The molecule has 0 spiro atoms. The van der Waals surface area contributed by atoms with Gasteiger partial charge < -0.3 is 0 Å². The maximum Gasteiger partial charge on any atom is 0.124 e. The molecule has 0 saturated carbocycles. The first kappa shape index (κ1) is 13.8. The zero-order valence-electron chi connectivity index (χ0n) is 11.9. The van der Waals surface area contributed by atoms with Crippen LogP contribution in [0.15, 0.2) is 64.6 Å². The highest BCUT2D eigenvalue weighted by atomic mass is 32.2. The van der Waals surface area contributed by atoms with Gasteiger partial charge in [0.25, 0.3) is 0 Å².